The Morgan fingerprint density at radius 1 is 1.12 bits per heavy atom. The van der Waals surface area contributed by atoms with Crippen LogP contribution in [0.4, 0.5) is 4.39 Å². The predicted molar refractivity (Wildman–Crippen MR) is 122 cm³/mol. The molecule has 1 atom stereocenters. The predicted octanol–water partition coefficient (Wildman–Crippen LogP) is 3.63. The number of guanidine groups is 1. The summed E-state index contributed by atoms with van der Waals surface area (Å²) in [5.74, 6) is 0.718. The van der Waals surface area contributed by atoms with Crippen molar-refractivity contribution in [2.45, 2.75) is 25.4 Å². The number of benzene rings is 2. The second kappa shape index (κ2) is 9.37. The van der Waals surface area contributed by atoms with Crippen molar-refractivity contribution in [2.75, 3.05) is 6.54 Å². The second-order valence-corrected chi connectivity index (χ2v) is 7.70. The van der Waals surface area contributed by atoms with E-state index < -0.39 is 0 Å². The first-order valence-electron chi connectivity index (χ1n) is 10.3. The van der Waals surface area contributed by atoms with Gasteiger partial charge in [-0.25, -0.2) is 9.07 Å². The molecule has 0 saturated carbocycles. The molecule has 9 nitrogen and oxygen atoms in total. The third-order valence-electron chi connectivity index (χ3n) is 5.52. The van der Waals surface area contributed by atoms with Gasteiger partial charge in [-0.3, -0.25) is 5.41 Å². The molecule has 4 aromatic rings. The molecule has 3 N–H and O–H groups in total. The number of rotatable bonds is 5. The summed E-state index contributed by atoms with van der Waals surface area (Å²) in [7, 11) is 0. The van der Waals surface area contributed by atoms with E-state index in [1.807, 2.05) is 30.5 Å². The first-order valence-corrected chi connectivity index (χ1v) is 10.3. The fourth-order valence-electron chi connectivity index (χ4n) is 3.87. The number of aromatic nitrogens is 5. The first-order chi connectivity index (χ1) is 15.6. The van der Waals surface area contributed by atoms with Gasteiger partial charge in [0.05, 0.1) is 12.7 Å². The van der Waals surface area contributed by atoms with E-state index in [4.69, 9.17) is 15.7 Å². The third kappa shape index (κ3) is 4.70. The summed E-state index contributed by atoms with van der Waals surface area (Å²) >= 11 is 0. The molecule has 1 aliphatic rings. The first kappa shape index (κ1) is 22.4. The number of nitrogens with one attached hydrogen (secondary N) is 1. The molecule has 2 aromatic heterocycles. The molecule has 1 saturated heterocycles. The van der Waals surface area contributed by atoms with Gasteiger partial charge in [0.1, 0.15) is 17.6 Å². The van der Waals surface area contributed by atoms with Gasteiger partial charge < -0.3 is 15.2 Å². The molecule has 0 amide bonds. The maximum absolute atomic E-state index is 13.1. The van der Waals surface area contributed by atoms with E-state index in [2.05, 4.69) is 20.5 Å². The summed E-state index contributed by atoms with van der Waals surface area (Å²) in [5.41, 5.74) is 9.02. The lowest BCUT2D eigenvalue weighted by Crippen LogP contribution is -2.35. The van der Waals surface area contributed by atoms with Crippen LogP contribution < -0.4 is 5.73 Å². The highest BCUT2D eigenvalue weighted by Gasteiger charge is 2.31. The Balaban J connectivity index is 0.00000259. The van der Waals surface area contributed by atoms with E-state index in [1.165, 1.54) is 12.1 Å². The van der Waals surface area contributed by atoms with Crippen molar-refractivity contribution < 1.29 is 8.91 Å². The molecule has 3 heterocycles. The second-order valence-electron chi connectivity index (χ2n) is 7.70. The lowest BCUT2D eigenvalue weighted by Gasteiger charge is -2.21. The van der Waals surface area contributed by atoms with Gasteiger partial charge in [0.25, 0.3) is 0 Å². The van der Waals surface area contributed by atoms with Crippen LogP contribution >= 0.6 is 12.4 Å². The normalized spacial score (nSPS) is 15.4. The Labute approximate surface area is 195 Å². The summed E-state index contributed by atoms with van der Waals surface area (Å²) in [4.78, 5) is 6.30. The SMILES string of the molecule is Cl.N=C(N)N1CCC[C@H]1c1nc(-c2ccc(Cn3cc(-c4ccc(F)cc4)nn3)cc2)no1. The molecule has 33 heavy (non-hydrogen) atoms. The van der Waals surface area contributed by atoms with E-state index in [0.29, 0.717) is 24.0 Å². The molecule has 11 heteroatoms. The van der Waals surface area contributed by atoms with Crippen LogP contribution in [0.3, 0.4) is 0 Å². The summed E-state index contributed by atoms with van der Waals surface area (Å²) in [6.45, 7) is 1.26. The Morgan fingerprint density at radius 2 is 1.85 bits per heavy atom. The van der Waals surface area contributed by atoms with Crippen molar-refractivity contribution in [1.29, 1.82) is 5.41 Å². The van der Waals surface area contributed by atoms with Crippen LogP contribution in [0.2, 0.25) is 0 Å². The zero-order chi connectivity index (χ0) is 22.1. The van der Waals surface area contributed by atoms with Crippen LogP contribution in [0.5, 0.6) is 0 Å². The topological polar surface area (TPSA) is 123 Å². The van der Waals surface area contributed by atoms with E-state index in [0.717, 1.165) is 36.1 Å². The fraction of sp³-hybridized carbons (Fsp3) is 0.227. The standard InChI is InChI=1S/C22H21FN8O.ClH/c23-17-9-7-15(8-10-17)18-13-30(29-27-18)12-14-3-5-16(6-4-14)20-26-21(32-28-20)19-2-1-11-31(19)22(24)25;/h3-10,13,19H,1-2,11-12H2,(H3,24,25);1H/t19-;/m0./s1. The third-order valence-corrected chi connectivity index (χ3v) is 5.52. The van der Waals surface area contributed by atoms with Crippen LogP contribution in [-0.4, -0.2) is 42.5 Å². The van der Waals surface area contributed by atoms with Gasteiger partial charge in [-0.2, -0.15) is 4.98 Å². The van der Waals surface area contributed by atoms with E-state index in [9.17, 15) is 4.39 Å². The summed E-state index contributed by atoms with van der Waals surface area (Å²) in [6, 6.07) is 13.8. The number of likely N-dealkylation sites (tertiary alicyclic amines) is 1. The van der Waals surface area contributed by atoms with Crippen LogP contribution in [0.15, 0.2) is 59.3 Å². The monoisotopic (exact) mass is 468 g/mol. The van der Waals surface area contributed by atoms with Crippen LogP contribution in [0.1, 0.15) is 30.3 Å². The van der Waals surface area contributed by atoms with Gasteiger partial charge >= 0.3 is 0 Å². The van der Waals surface area contributed by atoms with Crippen molar-refractivity contribution in [3.63, 3.8) is 0 Å². The van der Waals surface area contributed by atoms with Crippen LogP contribution in [0, 0.1) is 11.2 Å². The minimum absolute atomic E-state index is 0. The summed E-state index contributed by atoms with van der Waals surface area (Å²) in [5, 5.41) is 20.1. The van der Waals surface area contributed by atoms with Gasteiger partial charge in [-0.1, -0.05) is 34.6 Å². The fourth-order valence-corrected chi connectivity index (χ4v) is 3.87. The number of hydrogen-bond donors (Lipinski definition) is 2. The smallest absolute Gasteiger partial charge is 0.249 e. The molecule has 1 aliphatic heterocycles. The minimum Gasteiger partial charge on any atom is -0.370 e. The molecular formula is C22H22ClFN8O. The molecule has 0 radical (unpaired) electrons. The van der Waals surface area contributed by atoms with E-state index in [-0.39, 0.29) is 30.2 Å². The Morgan fingerprint density at radius 3 is 2.58 bits per heavy atom. The maximum atomic E-state index is 13.1. The molecule has 170 valence electrons. The summed E-state index contributed by atoms with van der Waals surface area (Å²) in [6.07, 6.45) is 3.59. The Hall–Kier alpha value is -3.79. The van der Waals surface area contributed by atoms with E-state index >= 15 is 0 Å². The average molecular weight is 469 g/mol. The number of hydrogen-bond acceptors (Lipinski definition) is 6. The largest absolute Gasteiger partial charge is 0.370 e. The van der Waals surface area contributed by atoms with Crippen molar-refractivity contribution in [3.05, 3.63) is 72.0 Å². The lowest BCUT2D eigenvalue weighted by atomic mass is 10.1. The van der Waals surface area contributed by atoms with Crippen molar-refractivity contribution in [2.24, 2.45) is 5.73 Å². The van der Waals surface area contributed by atoms with Crippen LogP contribution in [0.25, 0.3) is 22.6 Å². The Bertz CT molecular complexity index is 1240. The highest BCUT2D eigenvalue weighted by molar-refractivity contribution is 5.85. The molecule has 5 rings (SSSR count). The van der Waals surface area contributed by atoms with Crippen molar-refractivity contribution >= 4 is 18.4 Å². The summed E-state index contributed by atoms with van der Waals surface area (Å²) < 4.78 is 20.3. The molecule has 1 fully saturated rings. The maximum Gasteiger partial charge on any atom is 0.249 e. The lowest BCUT2D eigenvalue weighted by molar-refractivity contribution is 0.283. The zero-order valence-electron chi connectivity index (χ0n) is 17.6. The van der Waals surface area contributed by atoms with Gasteiger partial charge in [0.2, 0.25) is 11.7 Å². The molecular weight excluding hydrogens is 447 g/mol. The minimum atomic E-state index is -0.283. The average Bonchev–Trinajstić information content (AvgIpc) is 3.55. The molecule has 2 aromatic carbocycles. The molecule has 0 bridgehead atoms. The van der Waals surface area contributed by atoms with Crippen LogP contribution in [-0.2, 0) is 6.54 Å². The molecule has 0 unspecified atom stereocenters. The molecule has 0 spiro atoms. The van der Waals surface area contributed by atoms with Gasteiger partial charge in [-0.15, -0.1) is 17.5 Å². The number of nitrogens with two attached hydrogens (primary N) is 1. The zero-order valence-corrected chi connectivity index (χ0v) is 18.4. The van der Waals surface area contributed by atoms with E-state index in [1.54, 1.807) is 21.7 Å². The van der Waals surface area contributed by atoms with Gasteiger partial charge in [0, 0.05) is 17.7 Å². The van der Waals surface area contributed by atoms with Crippen molar-refractivity contribution in [3.8, 4) is 22.6 Å². The number of halogens is 2. The van der Waals surface area contributed by atoms with Gasteiger partial charge in [-0.05, 0) is 42.7 Å². The quantitative estimate of drug-likeness (QED) is 0.338. The highest BCUT2D eigenvalue weighted by atomic mass is 35.5. The van der Waals surface area contributed by atoms with Gasteiger partial charge in [0.15, 0.2) is 5.96 Å². The van der Waals surface area contributed by atoms with Crippen molar-refractivity contribution in [1.82, 2.24) is 30.0 Å². The number of nitrogens with zero attached hydrogens (tertiary/aromatic N) is 6. The molecule has 0 aliphatic carbocycles. The Kier molecular flexibility index (Phi) is 6.36. The highest BCUT2D eigenvalue weighted by Crippen LogP contribution is 2.31.